The zero-order valence-electron chi connectivity index (χ0n) is 11.9. The number of carboxylic acid groups (broad SMARTS) is 1. The van der Waals surface area contributed by atoms with Gasteiger partial charge in [-0.25, -0.2) is 4.79 Å². The second-order valence-electron chi connectivity index (χ2n) is 5.16. The lowest BCUT2D eigenvalue weighted by Crippen LogP contribution is -2.42. The molecule has 2 rings (SSSR count). The van der Waals surface area contributed by atoms with E-state index in [1.165, 1.54) is 24.3 Å². The van der Waals surface area contributed by atoms with Crippen molar-refractivity contribution in [2.75, 3.05) is 13.1 Å². The maximum Gasteiger partial charge on any atom is 0.335 e. The van der Waals surface area contributed by atoms with E-state index in [2.05, 4.69) is 0 Å². The minimum absolute atomic E-state index is 0.0876. The lowest BCUT2D eigenvalue weighted by molar-refractivity contribution is -0.131. The van der Waals surface area contributed by atoms with E-state index in [1.54, 1.807) is 11.8 Å². The Morgan fingerprint density at radius 2 is 1.71 bits per heavy atom. The molecule has 0 aliphatic carbocycles. The van der Waals surface area contributed by atoms with Gasteiger partial charge >= 0.3 is 5.97 Å². The van der Waals surface area contributed by atoms with Crippen molar-refractivity contribution in [1.82, 2.24) is 4.90 Å². The summed E-state index contributed by atoms with van der Waals surface area (Å²) >= 11 is 0. The lowest BCUT2D eigenvalue weighted by Gasteiger charge is -2.28. The average Bonchev–Trinajstić information content (AvgIpc) is 2.53. The van der Waals surface area contributed by atoms with Crippen LogP contribution in [0.3, 0.4) is 0 Å². The summed E-state index contributed by atoms with van der Waals surface area (Å²) in [5, 5.41) is 8.23. The number of nitrogens with zero attached hydrogens (tertiary/aromatic N) is 1. The predicted molar refractivity (Wildman–Crippen MR) is 79.7 cm³/mol. The zero-order valence-corrected chi connectivity index (χ0v) is 12.8. The molecule has 0 spiro atoms. The molecule has 5 nitrogen and oxygen atoms in total. The van der Waals surface area contributed by atoms with Crippen LogP contribution in [-0.2, 0) is 15.6 Å². The topological polar surface area (TPSA) is 74.7 Å². The minimum atomic E-state index is -1.47. The average molecular weight is 309 g/mol. The molecule has 21 heavy (non-hydrogen) atoms. The highest BCUT2D eigenvalue weighted by Gasteiger charge is 2.27. The van der Waals surface area contributed by atoms with Crippen molar-refractivity contribution < 1.29 is 18.9 Å². The van der Waals surface area contributed by atoms with E-state index >= 15 is 0 Å². The number of benzene rings is 1. The van der Waals surface area contributed by atoms with Crippen LogP contribution in [0.1, 0.15) is 36.5 Å². The van der Waals surface area contributed by atoms with Crippen LogP contribution in [-0.4, -0.2) is 44.4 Å². The van der Waals surface area contributed by atoms with Crippen LogP contribution in [0.25, 0.3) is 0 Å². The van der Waals surface area contributed by atoms with E-state index < -0.39 is 22.0 Å². The number of piperidine rings is 1. The van der Waals surface area contributed by atoms with Gasteiger partial charge in [-0.15, -0.1) is 0 Å². The Bertz CT molecular complexity index is 549. The van der Waals surface area contributed by atoms with E-state index in [1.807, 2.05) is 0 Å². The standard InChI is InChI=1S/C15H19NO4S/c1-11(14(17)16-9-3-2-4-10-16)21(20)13-7-5-12(6-8-13)15(18)19/h5-8,11H,2-4,9-10H2,1H3,(H,18,19). The van der Waals surface area contributed by atoms with E-state index in [0.717, 1.165) is 32.4 Å². The van der Waals surface area contributed by atoms with Crippen molar-refractivity contribution >= 4 is 22.7 Å². The smallest absolute Gasteiger partial charge is 0.335 e. The summed E-state index contributed by atoms with van der Waals surface area (Å²) in [7, 11) is -1.47. The molecule has 1 aromatic carbocycles. The van der Waals surface area contributed by atoms with E-state index in [4.69, 9.17) is 5.11 Å². The molecule has 1 aliphatic rings. The molecule has 1 aromatic rings. The van der Waals surface area contributed by atoms with Crippen LogP contribution in [0.2, 0.25) is 0 Å². The van der Waals surface area contributed by atoms with Gasteiger partial charge in [-0.05, 0) is 50.5 Å². The molecule has 0 radical (unpaired) electrons. The second kappa shape index (κ2) is 6.85. The van der Waals surface area contributed by atoms with Gasteiger partial charge in [0.1, 0.15) is 5.25 Å². The van der Waals surface area contributed by atoms with Crippen LogP contribution in [0.4, 0.5) is 0 Å². The minimum Gasteiger partial charge on any atom is -0.478 e. The SMILES string of the molecule is CC(C(=O)N1CCCCC1)S(=O)c1ccc(C(=O)O)cc1. The fourth-order valence-corrected chi connectivity index (χ4v) is 3.54. The first-order valence-electron chi connectivity index (χ1n) is 7.03. The summed E-state index contributed by atoms with van der Waals surface area (Å²) in [5.74, 6) is -1.11. The van der Waals surface area contributed by atoms with Gasteiger partial charge < -0.3 is 10.0 Å². The maximum absolute atomic E-state index is 12.4. The Balaban J connectivity index is 2.07. The Kier molecular flexibility index (Phi) is 5.12. The number of carbonyl (C=O) groups is 2. The molecule has 1 saturated heterocycles. The van der Waals surface area contributed by atoms with Crippen LogP contribution >= 0.6 is 0 Å². The first kappa shape index (κ1) is 15.7. The van der Waals surface area contributed by atoms with Crippen molar-refractivity contribution in [2.24, 2.45) is 0 Å². The number of carbonyl (C=O) groups excluding carboxylic acids is 1. The predicted octanol–water partition coefficient (Wildman–Crippen LogP) is 1.89. The molecule has 0 bridgehead atoms. The zero-order chi connectivity index (χ0) is 15.4. The van der Waals surface area contributed by atoms with Crippen LogP contribution in [0.15, 0.2) is 29.2 Å². The number of likely N-dealkylation sites (tertiary alicyclic amines) is 1. The molecule has 1 heterocycles. The Hall–Kier alpha value is -1.69. The molecule has 1 N–H and O–H groups in total. The van der Waals surface area contributed by atoms with Gasteiger partial charge in [-0.3, -0.25) is 9.00 Å². The number of carboxylic acids is 1. The van der Waals surface area contributed by atoms with Gasteiger partial charge in [-0.1, -0.05) is 0 Å². The Labute approximate surface area is 126 Å². The Morgan fingerprint density at radius 3 is 2.24 bits per heavy atom. The van der Waals surface area contributed by atoms with Gasteiger partial charge in [0.25, 0.3) is 0 Å². The molecule has 0 aromatic heterocycles. The van der Waals surface area contributed by atoms with Crippen LogP contribution < -0.4 is 0 Å². The Morgan fingerprint density at radius 1 is 1.14 bits per heavy atom. The number of rotatable bonds is 4. The molecule has 1 fully saturated rings. The van der Waals surface area contributed by atoms with E-state index in [-0.39, 0.29) is 11.5 Å². The van der Waals surface area contributed by atoms with Crippen LogP contribution in [0, 0.1) is 0 Å². The first-order chi connectivity index (χ1) is 10.0. The molecule has 114 valence electrons. The van der Waals surface area contributed by atoms with Crippen molar-refractivity contribution in [3.63, 3.8) is 0 Å². The molecule has 0 saturated carbocycles. The summed E-state index contributed by atoms with van der Waals surface area (Å²) in [6.45, 7) is 3.13. The van der Waals surface area contributed by atoms with Gasteiger partial charge in [-0.2, -0.15) is 0 Å². The van der Waals surface area contributed by atoms with Crippen molar-refractivity contribution in [3.8, 4) is 0 Å². The first-order valence-corrected chi connectivity index (χ1v) is 8.24. The monoisotopic (exact) mass is 309 g/mol. The molecular formula is C15H19NO4S. The number of amides is 1. The summed E-state index contributed by atoms with van der Waals surface area (Å²) in [5.41, 5.74) is 0.144. The maximum atomic E-state index is 12.4. The van der Waals surface area contributed by atoms with Gasteiger partial charge in [0, 0.05) is 18.0 Å². The van der Waals surface area contributed by atoms with Gasteiger partial charge in [0.15, 0.2) is 0 Å². The van der Waals surface area contributed by atoms with E-state index in [9.17, 15) is 13.8 Å². The lowest BCUT2D eigenvalue weighted by atomic mass is 10.1. The molecule has 2 unspecified atom stereocenters. The van der Waals surface area contributed by atoms with Crippen LogP contribution in [0.5, 0.6) is 0 Å². The van der Waals surface area contributed by atoms with E-state index in [0.29, 0.717) is 4.90 Å². The normalized spacial score (nSPS) is 18.0. The van der Waals surface area contributed by atoms with Gasteiger partial charge in [0.05, 0.1) is 16.4 Å². The fraction of sp³-hybridized carbons (Fsp3) is 0.467. The molecule has 1 amide bonds. The molecular weight excluding hydrogens is 290 g/mol. The third-order valence-electron chi connectivity index (χ3n) is 3.67. The highest BCUT2D eigenvalue weighted by atomic mass is 32.2. The fourth-order valence-electron chi connectivity index (χ4n) is 2.40. The second-order valence-corrected chi connectivity index (χ2v) is 6.93. The summed E-state index contributed by atoms with van der Waals surface area (Å²) in [6, 6.07) is 5.85. The third-order valence-corrected chi connectivity index (χ3v) is 5.25. The van der Waals surface area contributed by atoms with Crippen molar-refractivity contribution in [2.45, 2.75) is 36.3 Å². The summed E-state index contributed by atoms with van der Waals surface area (Å²) in [4.78, 5) is 25.4. The summed E-state index contributed by atoms with van der Waals surface area (Å²) < 4.78 is 12.4. The number of hydrogen-bond donors (Lipinski definition) is 1. The number of hydrogen-bond acceptors (Lipinski definition) is 3. The summed E-state index contributed by atoms with van der Waals surface area (Å²) in [6.07, 6.45) is 3.13. The molecule has 1 aliphatic heterocycles. The molecule has 6 heteroatoms. The quantitative estimate of drug-likeness (QED) is 0.921. The van der Waals surface area contributed by atoms with Gasteiger partial charge in [0.2, 0.25) is 5.91 Å². The highest BCUT2D eigenvalue weighted by molar-refractivity contribution is 7.86. The molecule has 2 atom stereocenters. The van der Waals surface area contributed by atoms with Crippen molar-refractivity contribution in [1.29, 1.82) is 0 Å². The van der Waals surface area contributed by atoms with Crippen molar-refractivity contribution in [3.05, 3.63) is 29.8 Å². The number of aromatic carboxylic acids is 1. The largest absolute Gasteiger partial charge is 0.478 e. The third kappa shape index (κ3) is 3.69. The highest BCUT2D eigenvalue weighted by Crippen LogP contribution is 2.17.